The fourth-order valence-electron chi connectivity index (χ4n) is 3.85. The third-order valence-corrected chi connectivity index (χ3v) is 5.94. The Hall–Kier alpha value is -3.20. The minimum Gasteiger partial charge on any atom is -0.353 e. The zero-order valence-corrected chi connectivity index (χ0v) is 17.7. The largest absolute Gasteiger partial charge is 0.353 e. The molecule has 30 heavy (non-hydrogen) atoms. The van der Waals surface area contributed by atoms with Crippen LogP contribution in [0.5, 0.6) is 0 Å². The number of fused-ring (bicyclic) bond motifs is 3. The zero-order chi connectivity index (χ0) is 20.7. The van der Waals surface area contributed by atoms with E-state index in [1.807, 2.05) is 36.4 Å². The van der Waals surface area contributed by atoms with Crippen LogP contribution >= 0.6 is 15.9 Å². The van der Waals surface area contributed by atoms with Gasteiger partial charge >= 0.3 is 0 Å². The molecule has 0 radical (unpaired) electrons. The Balaban J connectivity index is 1.33. The van der Waals surface area contributed by atoms with E-state index in [9.17, 15) is 9.59 Å². The third kappa shape index (κ3) is 3.35. The molecule has 1 aliphatic rings. The number of aromatic nitrogens is 4. The lowest BCUT2D eigenvalue weighted by Crippen LogP contribution is -2.50. The number of carbonyl (C=O) groups excluding carboxylic acids is 1. The zero-order valence-electron chi connectivity index (χ0n) is 16.1. The Morgan fingerprint density at radius 2 is 1.93 bits per heavy atom. The third-order valence-electron chi connectivity index (χ3n) is 5.45. The summed E-state index contributed by atoms with van der Waals surface area (Å²) < 4.78 is 2.29. The minimum absolute atomic E-state index is 0.0234. The predicted molar refractivity (Wildman–Crippen MR) is 119 cm³/mol. The van der Waals surface area contributed by atoms with Crippen molar-refractivity contribution in [3.63, 3.8) is 0 Å². The molecule has 0 unspecified atom stereocenters. The highest BCUT2D eigenvalue weighted by Crippen LogP contribution is 2.24. The number of aromatic amines is 1. The van der Waals surface area contributed by atoms with E-state index in [-0.39, 0.29) is 18.0 Å². The van der Waals surface area contributed by atoms with Crippen LogP contribution in [0.1, 0.15) is 0 Å². The number of anilines is 1. The monoisotopic (exact) mass is 466 g/mol. The van der Waals surface area contributed by atoms with Gasteiger partial charge in [-0.3, -0.25) is 14.2 Å². The summed E-state index contributed by atoms with van der Waals surface area (Å²) in [7, 11) is 0. The molecule has 1 aliphatic heterocycles. The number of hydrogen-bond acceptors (Lipinski definition) is 5. The van der Waals surface area contributed by atoms with Crippen LogP contribution in [0.4, 0.5) is 5.82 Å². The summed E-state index contributed by atoms with van der Waals surface area (Å²) in [5.41, 5.74) is 1.63. The quantitative estimate of drug-likeness (QED) is 0.500. The average Bonchev–Trinajstić information content (AvgIpc) is 3.15. The lowest BCUT2D eigenvalue weighted by Gasteiger charge is -2.35. The molecule has 1 saturated heterocycles. The van der Waals surface area contributed by atoms with Crippen molar-refractivity contribution in [3.8, 4) is 0 Å². The SMILES string of the molecule is O=C(Cn1cnc2c([nH]c3ccc(Br)cc32)c1=O)N1CCN(c2ccccn2)CC1. The number of carbonyl (C=O) groups is 1. The Morgan fingerprint density at radius 3 is 2.70 bits per heavy atom. The highest BCUT2D eigenvalue weighted by atomic mass is 79.9. The van der Waals surface area contributed by atoms with Crippen molar-refractivity contribution in [1.82, 2.24) is 24.4 Å². The summed E-state index contributed by atoms with van der Waals surface area (Å²) in [5.74, 6) is 0.832. The molecule has 4 aromatic rings. The van der Waals surface area contributed by atoms with E-state index in [0.29, 0.717) is 37.2 Å². The number of piperazine rings is 1. The van der Waals surface area contributed by atoms with Crippen molar-refractivity contribution in [1.29, 1.82) is 0 Å². The van der Waals surface area contributed by atoms with Gasteiger partial charge in [0, 0.05) is 47.8 Å². The van der Waals surface area contributed by atoms with E-state index < -0.39 is 0 Å². The number of pyridine rings is 1. The first-order valence-corrected chi connectivity index (χ1v) is 10.5. The summed E-state index contributed by atoms with van der Waals surface area (Å²) in [6, 6.07) is 11.5. The van der Waals surface area contributed by atoms with Crippen LogP contribution < -0.4 is 10.5 Å². The van der Waals surface area contributed by atoms with E-state index in [1.54, 1.807) is 11.1 Å². The number of nitrogens with one attached hydrogen (secondary N) is 1. The van der Waals surface area contributed by atoms with Gasteiger partial charge < -0.3 is 14.8 Å². The molecule has 1 aromatic carbocycles. The molecule has 3 aromatic heterocycles. The average molecular weight is 467 g/mol. The standard InChI is InChI=1S/C21H19BrN6O2/c22-14-4-5-16-15(11-14)19-20(25-16)21(30)28(13-24-19)12-18(29)27-9-7-26(8-10-27)17-3-1-2-6-23-17/h1-6,11,13,25H,7-10,12H2. The molecule has 9 heteroatoms. The van der Waals surface area contributed by atoms with Crippen molar-refractivity contribution in [2.75, 3.05) is 31.1 Å². The van der Waals surface area contributed by atoms with Crippen LogP contribution in [0.2, 0.25) is 0 Å². The van der Waals surface area contributed by atoms with Crippen molar-refractivity contribution >= 4 is 49.6 Å². The van der Waals surface area contributed by atoms with Crippen LogP contribution in [-0.2, 0) is 11.3 Å². The maximum Gasteiger partial charge on any atom is 0.278 e. The molecule has 1 fully saturated rings. The van der Waals surface area contributed by atoms with Crippen molar-refractivity contribution in [3.05, 3.63) is 63.7 Å². The number of halogens is 1. The molecule has 0 atom stereocenters. The van der Waals surface area contributed by atoms with E-state index in [2.05, 4.69) is 35.8 Å². The molecule has 0 spiro atoms. The second kappa shape index (κ2) is 7.56. The summed E-state index contributed by atoms with van der Waals surface area (Å²) >= 11 is 3.45. The second-order valence-electron chi connectivity index (χ2n) is 7.27. The molecule has 0 aliphatic carbocycles. The lowest BCUT2D eigenvalue weighted by molar-refractivity contribution is -0.132. The van der Waals surface area contributed by atoms with Gasteiger partial charge in [-0.15, -0.1) is 0 Å². The molecule has 8 nitrogen and oxygen atoms in total. The number of amides is 1. The smallest absolute Gasteiger partial charge is 0.278 e. The van der Waals surface area contributed by atoms with Crippen LogP contribution in [0.3, 0.4) is 0 Å². The van der Waals surface area contributed by atoms with Gasteiger partial charge in [-0.2, -0.15) is 0 Å². The maximum absolute atomic E-state index is 12.9. The van der Waals surface area contributed by atoms with Crippen LogP contribution in [0.25, 0.3) is 21.9 Å². The van der Waals surface area contributed by atoms with Gasteiger partial charge in [-0.05, 0) is 30.3 Å². The van der Waals surface area contributed by atoms with E-state index in [0.717, 1.165) is 21.2 Å². The Labute approximate surface area is 180 Å². The van der Waals surface area contributed by atoms with Crippen molar-refractivity contribution in [2.24, 2.45) is 0 Å². The first kappa shape index (κ1) is 18.8. The Morgan fingerprint density at radius 1 is 1.10 bits per heavy atom. The minimum atomic E-state index is -0.243. The number of H-pyrrole nitrogens is 1. The van der Waals surface area contributed by atoms with Crippen molar-refractivity contribution < 1.29 is 4.79 Å². The highest BCUT2D eigenvalue weighted by Gasteiger charge is 2.22. The van der Waals surface area contributed by atoms with Gasteiger partial charge in [0.25, 0.3) is 5.56 Å². The summed E-state index contributed by atoms with van der Waals surface area (Å²) in [4.78, 5) is 41.6. The van der Waals surface area contributed by atoms with Crippen molar-refractivity contribution in [2.45, 2.75) is 6.54 Å². The second-order valence-corrected chi connectivity index (χ2v) is 8.19. The maximum atomic E-state index is 12.9. The fraction of sp³-hybridized carbons (Fsp3) is 0.238. The van der Waals surface area contributed by atoms with Gasteiger partial charge in [-0.1, -0.05) is 22.0 Å². The Bertz CT molecular complexity index is 1290. The van der Waals surface area contributed by atoms with Gasteiger partial charge in [0.1, 0.15) is 23.4 Å². The molecule has 0 bridgehead atoms. The van der Waals surface area contributed by atoms with Crippen LogP contribution in [0, 0.1) is 0 Å². The van der Waals surface area contributed by atoms with E-state index in [4.69, 9.17) is 0 Å². The molecule has 4 heterocycles. The molecule has 5 rings (SSSR count). The molecular weight excluding hydrogens is 448 g/mol. The number of nitrogens with zero attached hydrogens (tertiary/aromatic N) is 5. The topological polar surface area (TPSA) is 87.1 Å². The summed E-state index contributed by atoms with van der Waals surface area (Å²) in [6.45, 7) is 2.60. The highest BCUT2D eigenvalue weighted by molar-refractivity contribution is 9.10. The van der Waals surface area contributed by atoms with Gasteiger partial charge in [-0.25, -0.2) is 9.97 Å². The Kier molecular flexibility index (Phi) is 4.74. The first-order valence-electron chi connectivity index (χ1n) is 9.70. The number of benzene rings is 1. The van der Waals surface area contributed by atoms with Gasteiger partial charge in [0.05, 0.1) is 6.33 Å². The van der Waals surface area contributed by atoms with Crippen LogP contribution in [0.15, 0.2) is 58.2 Å². The molecule has 152 valence electrons. The van der Waals surface area contributed by atoms with E-state index >= 15 is 0 Å². The fourth-order valence-corrected chi connectivity index (χ4v) is 4.21. The lowest BCUT2D eigenvalue weighted by atomic mass is 10.2. The summed E-state index contributed by atoms with van der Waals surface area (Å²) in [5, 5.41) is 0.876. The van der Waals surface area contributed by atoms with Crippen LogP contribution in [-0.4, -0.2) is 56.5 Å². The molecule has 0 saturated carbocycles. The predicted octanol–water partition coefficient (Wildman–Crippen LogP) is 2.38. The first-order chi connectivity index (χ1) is 14.6. The number of hydrogen-bond donors (Lipinski definition) is 1. The van der Waals surface area contributed by atoms with Gasteiger partial charge in [0.2, 0.25) is 5.91 Å². The molecule has 1 N–H and O–H groups in total. The van der Waals surface area contributed by atoms with Gasteiger partial charge in [0.15, 0.2) is 0 Å². The molecule has 1 amide bonds. The summed E-state index contributed by atoms with van der Waals surface area (Å²) in [6.07, 6.45) is 3.23. The van der Waals surface area contributed by atoms with E-state index in [1.165, 1.54) is 10.9 Å². The molecular formula is C21H19BrN6O2. The number of rotatable bonds is 3. The normalized spacial score (nSPS) is 14.6.